The summed E-state index contributed by atoms with van der Waals surface area (Å²) in [6, 6.07) is 9.37. The third-order valence-corrected chi connectivity index (χ3v) is 2.61. The quantitative estimate of drug-likeness (QED) is 0.865. The van der Waals surface area contributed by atoms with E-state index in [0.717, 1.165) is 18.5 Å². The number of aryl methyl sites for hydroxylation is 2. The van der Waals surface area contributed by atoms with Crippen LogP contribution >= 0.6 is 0 Å². The van der Waals surface area contributed by atoms with Gasteiger partial charge in [-0.3, -0.25) is 4.79 Å². The van der Waals surface area contributed by atoms with Crippen LogP contribution in [0.15, 0.2) is 34.9 Å². The van der Waals surface area contributed by atoms with Gasteiger partial charge < -0.3 is 9.84 Å². The molecule has 2 aromatic rings. The minimum atomic E-state index is -0.0542. The molecule has 2 rings (SSSR count). The Hall–Kier alpha value is -2.17. The average Bonchev–Trinajstić information content (AvgIpc) is 2.86. The van der Waals surface area contributed by atoms with E-state index in [2.05, 4.69) is 22.4 Å². The van der Waals surface area contributed by atoms with Gasteiger partial charge in [0.15, 0.2) is 5.82 Å². The zero-order valence-corrected chi connectivity index (χ0v) is 10.9. The Kier molecular flexibility index (Phi) is 4.66. The number of para-hydroxylation sites is 1. The Bertz CT molecular complexity index is 522. The second-order valence-electron chi connectivity index (χ2n) is 4.27. The standard InChI is InChI=1S/C14H17N3O2/c1-2-6-12-16-14(19-17-12)10-9-13(18)15-11-7-4-3-5-8-11/h3-5,7-8H,2,6,9-10H2,1H3,(H,15,18). The monoisotopic (exact) mass is 259 g/mol. The number of anilines is 1. The highest BCUT2D eigenvalue weighted by molar-refractivity contribution is 5.90. The lowest BCUT2D eigenvalue weighted by molar-refractivity contribution is -0.116. The Labute approximate surface area is 112 Å². The van der Waals surface area contributed by atoms with Gasteiger partial charge in [0.1, 0.15) is 0 Å². The van der Waals surface area contributed by atoms with Gasteiger partial charge in [-0.05, 0) is 18.6 Å². The van der Waals surface area contributed by atoms with Crippen molar-refractivity contribution in [3.8, 4) is 0 Å². The number of hydrogen-bond donors (Lipinski definition) is 1. The maximum Gasteiger partial charge on any atom is 0.227 e. The van der Waals surface area contributed by atoms with E-state index in [1.807, 2.05) is 30.3 Å². The molecule has 0 unspecified atom stereocenters. The molecule has 5 nitrogen and oxygen atoms in total. The summed E-state index contributed by atoms with van der Waals surface area (Å²) in [6.45, 7) is 2.06. The van der Waals surface area contributed by atoms with Gasteiger partial charge in [0.2, 0.25) is 11.8 Å². The first-order valence-electron chi connectivity index (χ1n) is 6.44. The molecule has 0 spiro atoms. The molecule has 5 heteroatoms. The number of aromatic nitrogens is 2. The summed E-state index contributed by atoms with van der Waals surface area (Å²) in [6.07, 6.45) is 2.59. The first-order valence-corrected chi connectivity index (χ1v) is 6.44. The van der Waals surface area contributed by atoms with Crippen LogP contribution in [-0.2, 0) is 17.6 Å². The van der Waals surface area contributed by atoms with Gasteiger partial charge >= 0.3 is 0 Å². The molecular weight excluding hydrogens is 242 g/mol. The fourth-order valence-electron chi connectivity index (χ4n) is 1.68. The van der Waals surface area contributed by atoms with Crippen LogP contribution < -0.4 is 5.32 Å². The van der Waals surface area contributed by atoms with Gasteiger partial charge in [-0.15, -0.1) is 0 Å². The van der Waals surface area contributed by atoms with Crippen LogP contribution in [0.4, 0.5) is 5.69 Å². The summed E-state index contributed by atoms with van der Waals surface area (Å²) < 4.78 is 5.08. The third kappa shape index (κ3) is 4.21. The van der Waals surface area contributed by atoms with Gasteiger partial charge in [0.25, 0.3) is 0 Å². The van der Waals surface area contributed by atoms with E-state index in [0.29, 0.717) is 24.6 Å². The largest absolute Gasteiger partial charge is 0.339 e. The number of carbonyl (C=O) groups is 1. The van der Waals surface area contributed by atoms with Crippen LogP contribution in [0.25, 0.3) is 0 Å². The molecule has 0 atom stereocenters. The highest BCUT2D eigenvalue weighted by Gasteiger charge is 2.08. The predicted molar refractivity (Wildman–Crippen MR) is 71.7 cm³/mol. The Morgan fingerprint density at radius 3 is 2.79 bits per heavy atom. The van der Waals surface area contributed by atoms with Gasteiger partial charge in [-0.1, -0.05) is 30.3 Å². The van der Waals surface area contributed by atoms with E-state index in [-0.39, 0.29) is 5.91 Å². The lowest BCUT2D eigenvalue weighted by Crippen LogP contribution is -2.12. The molecule has 0 fully saturated rings. The summed E-state index contributed by atoms with van der Waals surface area (Å²) in [5, 5.41) is 6.67. The smallest absolute Gasteiger partial charge is 0.227 e. The van der Waals surface area contributed by atoms with Crippen LogP contribution in [-0.4, -0.2) is 16.0 Å². The van der Waals surface area contributed by atoms with Crippen molar-refractivity contribution < 1.29 is 9.32 Å². The molecule has 100 valence electrons. The van der Waals surface area contributed by atoms with E-state index >= 15 is 0 Å². The summed E-state index contributed by atoms with van der Waals surface area (Å²) in [4.78, 5) is 15.9. The van der Waals surface area contributed by atoms with E-state index in [9.17, 15) is 4.79 Å². The molecule has 0 bridgehead atoms. The Morgan fingerprint density at radius 2 is 2.05 bits per heavy atom. The molecule has 0 aliphatic heterocycles. The van der Waals surface area contributed by atoms with Crippen molar-refractivity contribution in [3.63, 3.8) is 0 Å². The van der Waals surface area contributed by atoms with E-state index in [4.69, 9.17) is 4.52 Å². The minimum Gasteiger partial charge on any atom is -0.339 e. The summed E-state index contributed by atoms with van der Waals surface area (Å²) in [5.74, 6) is 1.18. The summed E-state index contributed by atoms with van der Waals surface area (Å²) in [7, 11) is 0. The van der Waals surface area contributed by atoms with Crippen LogP contribution in [0.3, 0.4) is 0 Å². The summed E-state index contributed by atoms with van der Waals surface area (Å²) >= 11 is 0. The molecule has 1 aromatic carbocycles. The molecule has 1 heterocycles. The maximum atomic E-state index is 11.7. The average molecular weight is 259 g/mol. The van der Waals surface area contributed by atoms with Crippen molar-refractivity contribution in [2.75, 3.05) is 5.32 Å². The minimum absolute atomic E-state index is 0.0542. The topological polar surface area (TPSA) is 68.0 Å². The number of nitrogens with zero attached hydrogens (tertiary/aromatic N) is 2. The molecule has 0 saturated heterocycles. The normalized spacial score (nSPS) is 10.4. The number of nitrogens with one attached hydrogen (secondary N) is 1. The van der Waals surface area contributed by atoms with Gasteiger partial charge in [-0.25, -0.2) is 0 Å². The molecule has 1 aromatic heterocycles. The van der Waals surface area contributed by atoms with Crippen molar-refractivity contribution in [1.82, 2.24) is 10.1 Å². The Balaban J connectivity index is 1.79. The van der Waals surface area contributed by atoms with Crippen LogP contribution in [0.1, 0.15) is 31.5 Å². The van der Waals surface area contributed by atoms with Crippen molar-refractivity contribution in [1.29, 1.82) is 0 Å². The van der Waals surface area contributed by atoms with Crippen molar-refractivity contribution in [3.05, 3.63) is 42.0 Å². The molecule has 1 N–H and O–H groups in total. The number of rotatable bonds is 6. The molecule has 0 aliphatic rings. The highest BCUT2D eigenvalue weighted by Crippen LogP contribution is 2.07. The summed E-state index contributed by atoms with van der Waals surface area (Å²) in [5.41, 5.74) is 0.796. The fourth-order valence-corrected chi connectivity index (χ4v) is 1.68. The molecule has 1 amide bonds. The Morgan fingerprint density at radius 1 is 1.26 bits per heavy atom. The van der Waals surface area contributed by atoms with E-state index < -0.39 is 0 Å². The van der Waals surface area contributed by atoms with Crippen LogP contribution in [0, 0.1) is 0 Å². The van der Waals surface area contributed by atoms with Crippen LogP contribution in [0.5, 0.6) is 0 Å². The van der Waals surface area contributed by atoms with Crippen molar-refractivity contribution >= 4 is 11.6 Å². The number of carbonyl (C=O) groups excluding carboxylic acids is 1. The van der Waals surface area contributed by atoms with Gasteiger partial charge in [0.05, 0.1) is 0 Å². The molecule has 19 heavy (non-hydrogen) atoms. The fraction of sp³-hybridized carbons (Fsp3) is 0.357. The number of amides is 1. The molecular formula is C14H17N3O2. The number of hydrogen-bond acceptors (Lipinski definition) is 4. The lowest BCUT2D eigenvalue weighted by atomic mass is 10.2. The van der Waals surface area contributed by atoms with Gasteiger partial charge in [-0.2, -0.15) is 4.98 Å². The van der Waals surface area contributed by atoms with Crippen molar-refractivity contribution in [2.24, 2.45) is 0 Å². The second kappa shape index (κ2) is 6.68. The highest BCUT2D eigenvalue weighted by atomic mass is 16.5. The van der Waals surface area contributed by atoms with Crippen molar-refractivity contribution in [2.45, 2.75) is 32.6 Å². The molecule has 0 saturated carbocycles. The zero-order chi connectivity index (χ0) is 13.5. The SMILES string of the molecule is CCCc1noc(CCC(=O)Nc2ccccc2)n1. The second-order valence-corrected chi connectivity index (χ2v) is 4.27. The number of benzene rings is 1. The third-order valence-electron chi connectivity index (χ3n) is 2.61. The first-order chi connectivity index (χ1) is 9.28. The maximum absolute atomic E-state index is 11.7. The van der Waals surface area contributed by atoms with Gasteiger partial charge in [0, 0.05) is 24.9 Å². The van der Waals surface area contributed by atoms with E-state index in [1.54, 1.807) is 0 Å². The lowest BCUT2D eigenvalue weighted by Gasteiger charge is -2.02. The molecule has 0 aliphatic carbocycles. The zero-order valence-electron chi connectivity index (χ0n) is 10.9. The first kappa shape index (κ1) is 13.3. The molecule has 0 radical (unpaired) electrons. The predicted octanol–water partition coefficient (Wildman–Crippen LogP) is 2.59. The van der Waals surface area contributed by atoms with Crippen LogP contribution in [0.2, 0.25) is 0 Å². The van der Waals surface area contributed by atoms with E-state index in [1.165, 1.54) is 0 Å².